The molecule has 0 aliphatic rings. The second kappa shape index (κ2) is 13.9. The average Bonchev–Trinajstić information content (AvgIpc) is 3.36. The van der Waals surface area contributed by atoms with E-state index < -0.39 is 17.4 Å². The van der Waals surface area contributed by atoms with E-state index in [0.717, 1.165) is 48.7 Å². The van der Waals surface area contributed by atoms with Gasteiger partial charge in [0.1, 0.15) is 5.65 Å². The van der Waals surface area contributed by atoms with E-state index in [-0.39, 0.29) is 27.8 Å². The minimum absolute atomic E-state index is 0.0317. The molecule has 8 N–H and O–H groups in total. The molecule has 0 spiro atoms. The lowest BCUT2D eigenvalue weighted by Crippen LogP contribution is -2.23. The van der Waals surface area contributed by atoms with Crippen molar-refractivity contribution in [1.82, 2.24) is 19.9 Å². The number of unbranched alkanes of at least 4 members (excludes halogenated alkanes) is 1. The van der Waals surface area contributed by atoms with Gasteiger partial charge in [0.05, 0.1) is 11.3 Å². The van der Waals surface area contributed by atoms with Crippen LogP contribution in [0.1, 0.15) is 36.0 Å². The third kappa shape index (κ3) is 7.72. The Hall–Kier alpha value is -3.81. The van der Waals surface area contributed by atoms with Gasteiger partial charge < -0.3 is 27.5 Å². The summed E-state index contributed by atoms with van der Waals surface area (Å²) in [5.41, 5.74) is 17.9. The number of H-pyrrole nitrogens is 1. The van der Waals surface area contributed by atoms with Crippen LogP contribution in [0.2, 0.25) is 0 Å². The summed E-state index contributed by atoms with van der Waals surface area (Å²) in [7, 11) is 0. The van der Waals surface area contributed by atoms with Crippen LogP contribution in [0.4, 0.5) is 13.2 Å². The van der Waals surface area contributed by atoms with Crippen molar-refractivity contribution in [2.45, 2.75) is 43.3 Å². The molecule has 4 aromatic rings. The second-order valence-electron chi connectivity index (χ2n) is 9.85. The van der Waals surface area contributed by atoms with Gasteiger partial charge in [-0.1, -0.05) is 12.1 Å². The zero-order valence-corrected chi connectivity index (χ0v) is 24.1. The third-order valence-electron chi connectivity index (χ3n) is 6.73. The van der Waals surface area contributed by atoms with Crippen molar-refractivity contribution in [2.75, 3.05) is 25.9 Å². The van der Waals surface area contributed by atoms with Gasteiger partial charge in [0.15, 0.2) is 5.96 Å². The van der Waals surface area contributed by atoms with Crippen LogP contribution in [0.5, 0.6) is 0 Å². The molecule has 2 heterocycles. The highest BCUT2D eigenvalue weighted by Gasteiger charge is 2.37. The molecule has 4 rings (SSSR count). The number of fused-ring (bicyclic) bond motifs is 1. The van der Waals surface area contributed by atoms with E-state index >= 15 is 0 Å². The Morgan fingerprint density at radius 2 is 1.86 bits per heavy atom. The fourth-order valence-electron chi connectivity index (χ4n) is 4.70. The first-order chi connectivity index (χ1) is 20.1. The lowest BCUT2D eigenvalue weighted by Gasteiger charge is -2.18. The van der Waals surface area contributed by atoms with Crippen molar-refractivity contribution >= 4 is 28.8 Å². The molecule has 2 aromatic carbocycles. The van der Waals surface area contributed by atoms with Gasteiger partial charge in [-0.25, -0.2) is 4.79 Å². The zero-order valence-electron chi connectivity index (χ0n) is 23.3. The number of aryl methyl sites for hydroxylation is 1. The number of halogens is 3. The summed E-state index contributed by atoms with van der Waals surface area (Å²) in [5, 5.41) is 3.82. The maximum absolute atomic E-state index is 14.3. The summed E-state index contributed by atoms with van der Waals surface area (Å²) in [5.74, 6) is 0.0726. The van der Waals surface area contributed by atoms with Crippen LogP contribution >= 0.6 is 11.8 Å². The number of guanidine groups is 1. The van der Waals surface area contributed by atoms with Crippen LogP contribution in [0, 0.1) is 0 Å². The van der Waals surface area contributed by atoms with Crippen molar-refractivity contribution in [2.24, 2.45) is 22.2 Å². The third-order valence-corrected chi connectivity index (χ3v) is 7.49. The van der Waals surface area contributed by atoms with Crippen LogP contribution in [0.3, 0.4) is 0 Å². The molecule has 13 heteroatoms. The van der Waals surface area contributed by atoms with Gasteiger partial charge in [-0.2, -0.15) is 18.2 Å². The Morgan fingerprint density at radius 3 is 2.52 bits per heavy atom. The average molecular weight is 601 g/mol. The number of hydrogen-bond acceptors (Lipinski definition) is 6. The maximum Gasteiger partial charge on any atom is 0.418 e. The molecular weight excluding hydrogens is 565 g/mol. The molecule has 0 radical (unpaired) electrons. The Kier molecular flexibility index (Phi) is 10.3. The first-order valence-electron chi connectivity index (χ1n) is 13.6. The minimum Gasteiger partial charge on any atom is -0.370 e. The molecule has 224 valence electrons. The fourth-order valence-corrected chi connectivity index (χ4v) is 5.40. The molecule has 0 bridgehead atoms. The summed E-state index contributed by atoms with van der Waals surface area (Å²) in [6, 6.07) is 12.2. The van der Waals surface area contributed by atoms with Gasteiger partial charge in [-0.05, 0) is 86.5 Å². The van der Waals surface area contributed by atoms with E-state index in [2.05, 4.69) is 20.3 Å². The quantitative estimate of drug-likeness (QED) is 0.0669. The largest absolute Gasteiger partial charge is 0.418 e. The standard InChI is InChI=1S/C29H35F3N8OS/c1-42-24-14-19(5-2-3-10-33)13-22(25(24)29(30,31)32)23-15-20-17-40(28(41)39-26(20)38-23)21-8-6-18(7-9-21)16-36-11-4-12-37-27(34)35/h6-9,13-15,17,36H,2-5,10-12,16,33H2,1H3,(H4,34,35,37)(H,38,39,41). The number of aromatic nitrogens is 3. The summed E-state index contributed by atoms with van der Waals surface area (Å²) >= 11 is 1.06. The van der Waals surface area contributed by atoms with Crippen molar-refractivity contribution < 1.29 is 13.2 Å². The predicted octanol–water partition coefficient (Wildman–Crippen LogP) is 4.16. The molecule has 0 unspecified atom stereocenters. The molecule has 0 saturated carbocycles. The number of benzene rings is 2. The minimum atomic E-state index is -4.57. The van der Waals surface area contributed by atoms with Gasteiger partial charge in [-0.3, -0.25) is 9.56 Å². The van der Waals surface area contributed by atoms with Crippen molar-refractivity contribution in [3.8, 4) is 16.9 Å². The number of alkyl halides is 3. The van der Waals surface area contributed by atoms with Crippen molar-refractivity contribution in [3.05, 3.63) is 75.8 Å². The lowest BCUT2D eigenvalue weighted by molar-refractivity contribution is -0.139. The number of nitrogens with two attached hydrogens (primary N) is 3. The molecule has 2 aromatic heterocycles. The first kappa shape index (κ1) is 31.1. The fraction of sp³-hybridized carbons (Fsp3) is 0.345. The summed E-state index contributed by atoms with van der Waals surface area (Å²) < 4.78 is 44.2. The van der Waals surface area contributed by atoms with E-state index in [9.17, 15) is 18.0 Å². The van der Waals surface area contributed by atoms with Gasteiger partial charge in [0, 0.05) is 40.8 Å². The van der Waals surface area contributed by atoms with Gasteiger partial charge >= 0.3 is 11.9 Å². The molecular formula is C29H35F3N8OS. The Morgan fingerprint density at radius 1 is 1.10 bits per heavy atom. The molecule has 0 fully saturated rings. The van der Waals surface area contributed by atoms with Gasteiger partial charge in [0.2, 0.25) is 0 Å². The van der Waals surface area contributed by atoms with Gasteiger partial charge in [-0.15, -0.1) is 11.8 Å². The Labute approximate surface area is 245 Å². The summed E-state index contributed by atoms with van der Waals surface area (Å²) in [6.07, 6.45) is 1.62. The molecule has 42 heavy (non-hydrogen) atoms. The SMILES string of the molecule is CSc1cc(CCCCN)cc(-c2cc3cn(-c4ccc(CNCCCN=C(N)N)cc4)c(=O)nc3[nH]2)c1C(F)(F)F. The highest BCUT2D eigenvalue weighted by atomic mass is 32.2. The van der Waals surface area contributed by atoms with Crippen molar-refractivity contribution in [3.63, 3.8) is 0 Å². The van der Waals surface area contributed by atoms with Crippen LogP contribution in [0.25, 0.3) is 28.0 Å². The molecule has 0 amide bonds. The maximum atomic E-state index is 14.3. The van der Waals surface area contributed by atoms with Crippen LogP contribution in [0.15, 0.2) is 63.3 Å². The van der Waals surface area contributed by atoms with E-state index in [1.54, 1.807) is 42.8 Å². The summed E-state index contributed by atoms with van der Waals surface area (Å²) in [4.78, 5) is 24.1. The highest BCUT2D eigenvalue weighted by Crippen LogP contribution is 2.43. The summed E-state index contributed by atoms with van der Waals surface area (Å²) in [6.45, 7) is 2.43. The van der Waals surface area contributed by atoms with Gasteiger partial charge in [0.25, 0.3) is 0 Å². The number of rotatable bonds is 13. The zero-order chi connectivity index (χ0) is 30.3. The molecule has 0 aliphatic carbocycles. The Balaban J connectivity index is 1.61. The second-order valence-corrected chi connectivity index (χ2v) is 10.7. The number of aliphatic imine (C=N–C) groups is 1. The monoisotopic (exact) mass is 600 g/mol. The smallest absolute Gasteiger partial charge is 0.370 e. The topological polar surface area (TPSA) is 153 Å². The number of hydrogen-bond donors (Lipinski definition) is 5. The molecule has 9 nitrogen and oxygen atoms in total. The van der Waals surface area contributed by atoms with Crippen LogP contribution in [-0.2, 0) is 19.1 Å². The predicted molar refractivity (Wildman–Crippen MR) is 163 cm³/mol. The van der Waals surface area contributed by atoms with E-state index in [4.69, 9.17) is 17.2 Å². The number of thioether (sulfide) groups is 1. The Bertz CT molecular complexity index is 1590. The number of aromatic amines is 1. The number of nitrogens with one attached hydrogen (secondary N) is 2. The molecule has 0 atom stereocenters. The van der Waals surface area contributed by atoms with Crippen LogP contribution < -0.4 is 28.2 Å². The van der Waals surface area contributed by atoms with Crippen molar-refractivity contribution in [1.29, 1.82) is 0 Å². The highest BCUT2D eigenvalue weighted by molar-refractivity contribution is 7.98. The molecule has 0 saturated heterocycles. The number of nitrogens with zero attached hydrogens (tertiary/aromatic N) is 3. The van der Waals surface area contributed by atoms with E-state index in [0.29, 0.717) is 37.1 Å². The lowest BCUT2D eigenvalue weighted by atomic mass is 9.98. The van der Waals surface area contributed by atoms with E-state index in [1.165, 1.54) is 4.57 Å². The first-order valence-corrected chi connectivity index (χ1v) is 14.8. The van der Waals surface area contributed by atoms with Crippen LogP contribution in [-0.4, -0.2) is 46.4 Å². The molecule has 0 aliphatic heterocycles. The normalized spacial score (nSPS) is 11.7. The van der Waals surface area contributed by atoms with E-state index in [1.807, 2.05) is 12.1 Å².